The molecule has 0 aromatic heterocycles. The van der Waals surface area contributed by atoms with Gasteiger partial charge in [0.05, 0.1) is 0 Å². The van der Waals surface area contributed by atoms with Gasteiger partial charge in [-0.25, -0.2) is 9.59 Å². The van der Waals surface area contributed by atoms with E-state index in [1.807, 2.05) is 30.3 Å². The number of ether oxygens (including phenoxy) is 2. The van der Waals surface area contributed by atoms with E-state index in [0.717, 1.165) is 18.4 Å². The minimum Gasteiger partial charge on any atom is -0.460 e. The van der Waals surface area contributed by atoms with Crippen LogP contribution < -0.4 is 5.32 Å². The Morgan fingerprint density at radius 1 is 1.08 bits per heavy atom. The first kappa shape index (κ1) is 20.3. The van der Waals surface area contributed by atoms with Crippen LogP contribution in [0.15, 0.2) is 30.3 Å². The van der Waals surface area contributed by atoms with Crippen LogP contribution in [0.25, 0.3) is 0 Å². The topological polar surface area (TPSA) is 64.6 Å². The van der Waals surface area contributed by atoms with Gasteiger partial charge in [0.1, 0.15) is 18.2 Å². The van der Waals surface area contributed by atoms with Crippen molar-refractivity contribution in [1.82, 2.24) is 5.32 Å². The molecule has 144 valence electrons. The van der Waals surface area contributed by atoms with Crippen LogP contribution in [0.5, 0.6) is 0 Å². The molecule has 0 unspecified atom stereocenters. The van der Waals surface area contributed by atoms with Crippen molar-refractivity contribution < 1.29 is 19.1 Å². The molecule has 26 heavy (non-hydrogen) atoms. The van der Waals surface area contributed by atoms with Gasteiger partial charge in [0.15, 0.2) is 0 Å². The van der Waals surface area contributed by atoms with E-state index in [1.54, 1.807) is 13.8 Å². The second kappa shape index (κ2) is 7.29. The number of amides is 1. The van der Waals surface area contributed by atoms with Gasteiger partial charge >= 0.3 is 12.1 Å². The molecule has 0 heterocycles. The number of rotatable bonds is 5. The van der Waals surface area contributed by atoms with Crippen molar-refractivity contribution in [2.24, 2.45) is 10.8 Å². The summed E-state index contributed by atoms with van der Waals surface area (Å²) in [5, 5.41) is 2.62. The molecule has 1 amide bonds. The maximum absolute atomic E-state index is 12.7. The molecular weight excluding hydrogens is 330 g/mol. The van der Waals surface area contributed by atoms with Crippen molar-refractivity contribution in [2.75, 3.05) is 0 Å². The summed E-state index contributed by atoms with van der Waals surface area (Å²) in [6.07, 6.45) is 1.18. The van der Waals surface area contributed by atoms with Gasteiger partial charge in [0.2, 0.25) is 0 Å². The molecule has 5 nitrogen and oxygen atoms in total. The van der Waals surface area contributed by atoms with Crippen LogP contribution in [0, 0.1) is 10.8 Å². The Balaban J connectivity index is 1.93. The lowest BCUT2D eigenvalue weighted by Crippen LogP contribution is -2.53. The molecule has 5 heteroatoms. The molecule has 1 fully saturated rings. The molecule has 0 bridgehead atoms. The number of carbonyl (C=O) groups excluding carboxylic acids is 2. The monoisotopic (exact) mass is 361 g/mol. The maximum atomic E-state index is 12.7. The number of esters is 1. The Labute approximate surface area is 156 Å². The van der Waals surface area contributed by atoms with E-state index in [-0.39, 0.29) is 23.5 Å². The fourth-order valence-electron chi connectivity index (χ4n) is 3.60. The first-order valence-corrected chi connectivity index (χ1v) is 9.14. The zero-order valence-corrected chi connectivity index (χ0v) is 16.7. The number of hydrogen-bond acceptors (Lipinski definition) is 4. The summed E-state index contributed by atoms with van der Waals surface area (Å²) >= 11 is 0. The molecule has 2 rings (SSSR count). The molecule has 1 aliphatic rings. The molecule has 1 saturated carbocycles. The van der Waals surface area contributed by atoms with Gasteiger partial charge in [-0.3, -0.25) is 0 Å². The van der Waals surface area contributed by atoms with Gasteiger partial charge in [0, 0.05) is 10.8 Å². The summed E-state index contributed by atoms with van der Waals surface area (Å²) in [6, 6.07) is 9.40. The van der Waals surface area contributed by atoms with Crippen molar-refractivity contribution in [3.63, 3.8) is 0 Å². The lowest BCUT2D eigenvalue weighted by Gasteiger charge is -2.37. The minimum atomic E-state index is -1.16. The van der Waals surface area contributed by atoms with Crippen molar-refractivity contribution >= 4 is 12.1 Å². The quantitative estimate of drug-likeness (QED) is 0.787. The van der Waals surface area contributed by atoms with E-state index in [1.165, 1.54) is 0 Å². The van der Waals surface area contributed by atoms with Gasteiger partial charge in [-0.05, 0) is 32.3 Å². The molecule has 0 spiro atoms. The maximum Gasteiger partial charge on any atom is 0.408 e. The number of benzene rings is 1. The first-order chi connectivity index (χ1) is 11.9. The van der Waals surface area contributed by atoms with Gasteiger partial charge in [0.25, 0.3) is 0 Å². The Kier molecular flexibility index (Phi) is 5.69. The summed E-state index contributed by atoms with van der Waals surface area (Å²) in [4.78, 5) is 24.8. The van der Waals surface area contributed by atoms with Crippen LogP contribution in [0.2, 0.25) is 0 Å². The van der Waals surface area contributed by atoms with Crippen LogP contribution in [0.1, 0.15) is 59.9 Å². The normalized spacial score (nSPS) is 19.0. The summed E-state index contributed by atoms with van der Waals surface area (Å²) in [7, 11) is 0. The van der Waals surface area contributed by atoms with Crippen molar-refractivity contribution in [1.29, 1.82) is 0 Å². The van der Waals surface area contributed by atoms with E-state index in [2.05, 4.69) is 33.0 Å². The predicted molar refractivity (Wildman–Crippen MR) is 101 cm³/mol. The van der Waals surface area contributed by atoms with E-state index in [0.29, 0.717) is 0 Å². The first-order valence-electron chi connectivity index (χ1n) is 9.14. The molecule has 1 aromatic carbocycles. The molecule has 1 aromatic rings. The minimum absolute atomic E-state index is 0.0803. The van der Waals surface area contributed by atoms with Crippen molar-refractivity contribution in [3.8, 4) is 0 Å². The zero-order chi connectivity index (χ0) is 19.6. The average molecular weight is 361 g/mol. The second-order valence-electron chi connectivity index (χ2n) is 9.07. The van der Waals surface area contributed by atoms with Crippen LogP contribution in [-0.2, 0) is 20.9 Å². The lowest BCUT2D eigenvalue weighted by atomic mass is 9.81. The van der Waals surface area contributed by atoms with Crippen LogP contribution in [-0.4, -0.2) is 23.7 Å². The second-order valence-corrected chi connectivity index (χ2v) is 9.07. The van der Waals surface area contributed by atoms with Crippen LogP contribution >= 0.6 is 0 Å². The highest BCUT2D eigenvalue weighted by molar-refractivity contribution is 5.85. The predicted octanol–water partition coefficient (Wildman–Crippen LogP) is 4.45. The third-order valence-electron chi connectivity index (χ3n) is 5.20. The van der Waals surface area contributed by atoms with Crippen LogP contribution in [0.4, 0.5) is 4.79 Å². The third kappa shape index (κ3) is 4.77. The Bertz CT molecular complexity index is 633. The molecule has 1 aliphatic carbocycles. The highest BCUT2D eigenvalue weighted by Gasteiger charge is 2.50. The van der Waals surface area contributed by atoms with E-state index < -0.39 is 17.6 Å². The highest BCUT2D eigenvalue weighted by atomic mass is 16.6. The number of alkyl carbamates (subject to hydrolysis) is 1. The van der Waals surface area contributed by atoms with Gasteiger partial charge in [-0.1, -0.05) is 58.0 Å². The van der Waals surface area contributed by atoms with E-state index in [4.69, 9.17) is 9.47 Å². The van der Waals surface area contributed by atoms with Gasteiger partial charge < -0.3 is 14.8 Å². The Morgan fingerprint density at radius 3 is 2.15 bits per heavy atom. The highest BCUT2D eigenvalue weighted by Crippen LogP contribution is 2.50. The Morgan fingerprint density at radius 2 is 1.62 bits per heavy atom. The molecule has 0 aliphatic heterocycles. The summed E-state index contributed by atoms with van der Waals surface area (Å²) < 4.78 is 11.1. The van der Waals surface area contributed by atoms with Gasteiger partial charge in [-0.15, -0.1) is 0 Å². The molecule has 1 N–H and O–H groups in total. The summed E-state index contributed by atoms with van der Waals surface area (Å²) in [5.41, 5.74) is -0.438. The number of nitrogens with one attached hydrogen (secondary N) is 1. The summed E-state index contributed by atoms with van der Waals surface area (Å²) in [6.45, 7) is 11.9. The van der Waals surface area contributed by atoms with Gasteiger partial charge in [-0.2, -0.15) is 0 Å². The third-order valence-corrected chi connectivity index (χ3v) is 5.20. The lowest BCUT2D eigenvalue weighted by molar-refractivity contribution is -0.166. The largest absolute Gasteiger partial charge is 0.460 e. The molecular formula is C21H31NO4. The molecule has 0 saturated heterocycles. The molecule has 0 atom stereocenters. The zero-order valence-electron chi connectivity index (χ0n) is 16.7. The fraction of sp³-hybridized carbons (Fsp3) is 0.619. The number of hydrogen-bond donors (Lipinski definition) is 1. The van der Waals surface area contributed by atoms with E-state index >= 15 is 0 Å². The fourth-order valence-corrected chi connectivity index (χ4v) is 3.60. The summed E-state index contributed by atoms with van der Waals surface area (Å²) in [5.74, 6) is -0.442. The SMILES string of the molecule is CC(C)(NC(=O)OCc1ccccc1)C(=O)OC1C(C)(C)CCC1(C)C. The average Bonchev–Trinajstić information content (AvgIpc) is 2.76. The smallest absolute Gasteiger partial charge is 0.408 e. The number of carbonyl (C=O) groups is 2. The molecule has 0 radical (unpaired) electrons. The van der Waals surface area contributed by atoms with Crippen LogP contribution in [0.3, 0.4) is 0 Å². The van der Waals surface area contributed by atoms with Crippen molar-refractivity contribution in [3.05, 3.63) is 35.9 Å². The van der Waals surface area contributed by atoms with E-state index in [9.17, 15) is 9.59 Å². The Hall–Kier alpha value is -2.04. The van der Waals surface area contributed by atoms with Crippen molar-refractivity contribution in [2.45, 2.75) is 72.6 Å². The standard InChI is InChI=1S/C21H31NO4/c1-19(2)12-13-20(3,4)16(19)26-17(23)21(5,6)22-18(24)25-14-15-10-8-7-9-11-15/h7-11,16H,12-14H2,1-6H3,(H,22,24).